The molecule has 0 fully saturated rings. The molecule has 0 radical (unpaired) electrons. The van der Waals surface area contributed by atoms with Crippen molar-refractivity contribution < 1.29 is 40.9 Å². The maximum atomic E-state index is 12.8. The molecule has 234 valence electrons. The number of rotatable bonds is 8. The van der Waals surface area contributed by atoms with Gasteiger partial charge < -0.3 is 14.5 Å². The molecule has 0 N–H and O–H groups in total. The largest absolute Gasteiger partial charge is 0.417 e. The Morgan fingerprint density at radius 2 is 1.30 bits per heavy atom. The molecule has 0 saturated heterocycles. The summed E-state index contributed by atoms with van der Waals surface area (Å²) in [5.41, 5.74) is 0.361. The van der Waals surface area contributed by atoms with E-state index >= 15 is 0 Å². The monoisotopic (exact) mass is 675 g/mol. The van der Waals surface area contributed by atoms with E-state index in [2.05, 4.69) is 77.1 Å². The Balaban J connectivity index is 0.000000337. The number of oxime groups is 3. The van der Waals surface area contributed by atoms with Crippen molar-refractivity contribution in [2.24, 2.45) is 15.5 Å². The minimum Gasteiger partial charge on any atom is -0.399 e. The average molecular weight is 676 g/mol. The van der Waals surface area contributed by atoms with Crippen LogP contribution in [0.2, 0.25) is 0 Å². The van der Waals surface area contributed by atoms with Crippen molar-refractivity contribution in [1.82, 2.24) is 0 Å². The van der Waals surface area contributed by atoms with Crippen molar-refractivity contribution in [2.75, 3.05) is 21.3 Å². The molecule has 3 aromatic rings. The van der Waals surface area contributed by atoms with Crippen LogP contribution in [0.3, 0.4) is 0 Å². The minimum atomic E-state index is -4.92. The molecule has 13 heteroatoms. The Hall–Kier alpha value is -3.87. The number of hydrogen-bond acceptors (Lipinski definition) is 6. The summed E-state index contributed by atoms with van der Waals surface area (Å²) in [6, 6.07) is 17.8. The highest BCUT2D eigenvalue weighted by atomic mass is 79.9. The van der Waals surface area contributed by atoms with Gasteiger partial charge in [-0.15, -0.1) is 0 Å². The molecule has 43 heavy (non-hydrogen) atoms. The van der Waals surface area contributed by atoms with Crippen LogP contribution in [0.25, 0.3) is 0 Å². The standard InChI is InChI=1S/C11H9F6NO.C10H13NO.C9H10BrNO/c1-6(18-19-2)8-4-3-7(10(12,13)14)5-9(8)11(15,16)17;1-9-4-3-5-10(8-9)6-7-11-12-2;1-12-11-6-5-8-3-2-4-9(10)7-8/h3-5H,1-2H3;3-5,7-8H,6H2,1-2H3;2-4,6-7H,5H2,1H3. The van der Waals surface area contributed by atoms with Gasteiger partial charge in [-0.1, -0.05) is 79.4 Å². The van der Waals surface area contributed by atoms with Crippen LogP contribution in [0.4, 0.5) is 26.3 Å². The van der Waals surface area contributed by atoms with Gasteiger partial charge in [-0.3, -0.25) is 0 Å². The zero-order valence-corrected chi connectivity index (χ0v) is 25.7. The van der Waals surface area contributed by atoms with Crippen molar-refractivity contribution in [2.45, 2.75) is 39.0 Å². The van der Waals surface area contributed by atoms with Gasteiger partial charge in [0.25, 0.3) is 0 Å². The number of benzene rings is 3. The Bertz CT molecular complexity index is 1300. The predicted octanol–water partition coefficient (Wildman–Crippen LogP) is 8.89. The topological polar surface area (TPSA) is 64.8 Å². The fourth-order valence-electron chi connectivity index (χ4n) is 3.39. The number of alkyl halides is 6. The quantitative estimate of drug-likeness (QED) is 0.136. The lowest BCUT2D eigenvalue weighted by Crippen LogP contribution is -2.15. The fourth-order valence-corrected chi connectivity index (χ4v) is 3.84. The van der Waals surface area contributed by atoms with Gasteiger partial charge in [0.15, 0.2) is 0 Å². The Morgan fingerprint density at radius 3 is 1.77 bits per heavy atom. The molecular weight excluding hydrogens is 644 g/mol. The van der Waals surface area contributed by atoms with Gasteiger partial charge in [-0.2, -0.15) is 26.3 Å². The van der Waals surface area contributed by atoms with Gasteiger partial charge >= 0.3 is 12.4 Å². The molecule has 0 aliphatic rings. The second kappa shape index (κ2) is 18.6. The van der Waals surface area contributed by atoms with Crippen molar-refractivity contribution in [3.63, 3.8) is 0 Å². The molecule has 0 atom stereocenters. The number of aryl methyl sites for hydroxylation is 1. The summed E-state index contributed by atoms with van der Waals surface area (Å²) >= 11 is 3.40. The van der Waals surface area contributed by atoms with Gasteiger partial charge in [0.05, 0.1) is 16.8 Å². The van der Waals surface area contributed by atoms with Crippen LogP contribution >= 0.6 is 15.9 Å². The number of hydrogen-bond donors (Lipinski definition) is 0. The molecule has 0 aliphatic carbocycles. The zero-order chi connectivity index (χ0) is 32.5. The fraction of sp³-hybridized carbons (Fsp3) is 0.300. The maximum Gasteiger partial charge on any atom is 0.417 e. The van der Waals surface area contributed by atoms with Gasteiger partial charge in [0.2, 0.25) is 0 Å². The summed E-state index contributed by atoms with van der Waals surface area (Å²) in [6.07, 6.45) is -4.63. The van der Waals surface area contributed by atoms with E-state index < -0.39 is 29.0 Å². The van der Waals surface area contributed by atoms with E-state index in [1.54, 1.807) is 19.5 Å². The van der Waals surface area contributed by atoms with E-state index in [-0.39, 0.29) is 11.8 Å². The lowest BCUT2D eigenvalue weighted by molar-refractivity contribution is -0.143. The molecule has 6 nitrogen and oxygen atoms in total. The van der Waals surface area contributed by atoms with E-state index in [0.29, 0.717) is 6.07 Å². The summed E-state index contributed by atoms with van der Waals surface area (Å²) in [7, 11) is 4.21. The number of nitrogens with zero attached hydrogens (tertiary/aromatic N) is 3. The normalized spacial score (nSPS) is 11.9. The van der Waals surface area contributed by atoms with Crippen LogP contribution in [0.15, 0.2) is 86.7 Å². The smallest absolute Gasteiger partial charge is 0.399 e. The maximum absolute atomic E-state index is 12.8. The van der Waals surface area contributed by atoms with Crippen LogP contribution in [-0.4, -0.2) is 39.5 Å². The second-order valence-corrected chi connectivity index (χ2v) is 9.50. The minimum absolute atomic E-state index is 0.0595. The molecule has 0 amide bonds. The highest BCUT2D eigenvalue weighted by Gasteiger charge is 2.38. The van der Waals surface area contributed by atoms with Gasteiger partial charge in [-0.05, 0) is 49.2 Å². The van der Waals surface area contributed by atoms with E-state index in [4.69, 9.17) is 0 Å². The Morgan fingerprint density at radius 1 is 0.744 bits per heavy atom. The molecule has 0 spiro atoms. The third-order valence-corrected chi connectivity index (χ3v) is 5.75. The van der Waals surface area contributed by atoms with E-state index in [1.807, 2.05) is 24.3 Å². The average Bonchev–Trinajstić information content (AvgIpc) is 2.93. The molecule has 0 aliphatic heterocycles. The predicted molar refractivity (Wildman–Crippen MR) is 159 cm³/mol. The van der Waals surface area contributed by atoms with Gasteiger partial charge in [0, 0.05) is 35.3 Å². The summed E-state index contributed by atoms with van der Waals surface area (Å²) in [6.45, 7) is 3.29. The second-order valence-electron chi connectivity index (χ2n) is 8.58. The summed E-state index contributed by atoms with van der Waals surface area (Å²) in [5, 5.41) is 10.6. The first-order valence-corrected chi connectivity index (χ1v) is 13.3. The van der Waals surface area contributed by atoms with Gasteiger partial charge in [-0.25, -0.2) is 0 Å². The molecule has 0 saturated carbocycles. The molecule has 0 bridgehead atoms. The lowest BCUT2D eigenvalue weighted by Gasteiger charge is -2.15. The van der Waals surface area contributed by atoms with Crippen LogP contribution in [0, 0.1) is 6.92 Å². The lowest BCUT2D eigenvalue weighted by atomic mass is 10.00. The first-order valence-electron chi connectivity index (χ1n) is 12.5. The zero-order valence-electron chi connectivity index (χ0n) is 24.1. The van der Waals surface area contributed by atoms with Crippen molar-refractivity contribution in [1.29, 1.82) is 0 Å². The first kappa shape index (κ1) is 37.2. The van der Waals surface area contributed by atoms with Crippen LogP contribution in [0.5, 0.6) is 0 Å². The molecule has 3 aromatic carbocycles. The van der Waals surface area contributed by atoms with Crippen molar-refractivity contribution >= 4 is 34.1 Å². The van der Waals surface area contributed by atoms with Gasteiger partial charge in [0.1, 0.15) is 21.3 Å². The molecule has 3 rings (SSSR count). The van der Waals surface area contributed by atoms with E-state index in [0.717, 1.165) is 30.5 Å². The molecule has 0 heterocycles. The summed E-state index contributed by atoms with van der Waals surface area (Å²) in [4.78, 5) is 13.4. The molecule has 0 unspecified atom stereocenters. The first-order chi connectivity index (χ1) is 20.2. The van der Waals surface area contributed by atoms with Crippen LogP contribution in [0.1, 0.15) is 40.3 Å². The SMILES string of the molecule is CON=C(C)c1ccc(C(F)(F)F)cc1C(F)(F)F.CON=CCc1cccc(Br)c1.CON=CCc1cccc(C)c1. The number of halogens is 7. The van der Waals surface area contributed by atoms with Crippen LogP contribution in [-0.2, 0) is 39.7 Å². The Labute approximate surface area is 255 Å². The highest BCUT2D eigenvalue weighted by molar-refractivity contribution is 9.10. The van der Waals surface area contributed by atoms with Crippen LogP contribution < -0.4 is 0 Å². The van der Waals surface area contributed by atoms with Crippen molar-refractivity contribution in [3.05, 3.63) is 105 Å². The third kappa shape index (κ3) is 14.7. The van der Waals surface area contributed by atoms with Crippen molar-refractivity contribution in [3.8, 4) is 0 Å². The highest BCUT2D eigenvalue weighted by Crippen LogP contribution is 2.37. The Kier molecular flexibility index (Phi) is 16.1. The molecular formula is C30H32BrF6N3O3. The third-order valence-electron chi connectivity index (χ3n) is 5.26. The summed E-state index contributed by atoms with van der Waals surface area (Å²) < 4.78 is 76.6. The van der Waals surface area contributed by atoms with E-state index in [1.165, 1.54) is 30.7 Å². The summed E-state index contributed by atoms with van der Waals surface area (Å²) in [5.74, 6) is 0. The van der Waals surface area contributed by atoms with E-state index in [9.17, 15) is 26.3 Å². The molecule has 0 aromatic heterocycles.